The van der Waals surface area contributed by atoms with Crippen LogP contribution in [0.25, 0.3) is 0 Å². The maximum atomic E-state index is 8.57. The fourth-order valence-electron chi connectivity index (χ4n) is 13.2. The highest BCUT2D eigenvalue weighted by molar-refractivity contribution is 6.86. The lowest BCUT2D eigenvalue weighted by atomic mass is 9.88. The van der Waals surface area contributed by atoms with E-state index in [1.807, 2.05) is 0 Å². The highest BCUT2D eigenvalue weighted by atomic mass is 28.4. The summed E-state index contributed by atoms with van der Waals surface area (Å²) in [6, 6.07) is 7.17. The molecule has 3 heterocycles. The third kappa shape index (κ3) is 35.0. The quantitative estimate of drug-likeness (QED) is 0.0244. The molecule has 21 heteroatoms. The number of hydrogen-bond acceptors (Lipinski definition) is 15. The van der Waals surface area contributed by atoms with Crippen LogP contribution >= 0.6 is 0 Å². The van der Waals surface area contributed by atoms with E-state index < -0.39 is 49.9 Å². The Morgan fingerprint density at radius 2 is 0.607 bits per heavy atom. The SMILES string of the molecule is C=C=O.C=C=O.C=C=O.CCC(COCCOCCC[Si](C)(C)O[Si](C)(C)CCC1CCC2OC2C1)(COCCOCCC[Si](C)(C)O[Si](C)(C)CCC1CCC2OC2C1)COCCOCCC[Si](C)(C)O[Si](C)(C)CCC1CCC2OC2C1. The topological polar surface area (TPSA) is 172 Å². The molecule has 3 saturated heterocycles. The number of hydrogen-bond donors (Lipinski definition) is 0. The molecule has 0 aromatic rings. The van der Waals surface area contributed by atoms with E-state index in [0.29, 0.717) is 96.1 Å². The van der Waals surface area contributed by atoms with Crippen molar-refractivity contribution in [2.45, 2.75) is 261 Å². The summed E-state index contributed by atoms with van der Waals surface area (Å²) >= 11 is 0. The van der Waals surface area contributed by atoms with E-state index in [1.54, 1.807) is 0 Å². The number of epoxide rings is 3. The van der Waals surface area contributed by atoms with Gasteiger partial charge in [-0.1, -0.05) is 26.2 Å². The lowest BCUT2D eigenvalue weighted by Gasteiger charge is -2.35. The van der Waals surface area contributed by atoms with Gasteiger partial charge in [-0.3, -0.25) is 0 Å². The van der Waals surface area contributed by atoms with Crippen molar-refractivity contribution in [2.75, 3.05) is 79.3 Å². The summed E-state index contributed by atoms with van der Waals surface area (Å²) in [5.41, 5.74) is -0.266. The highest BCUT2D eigenvalue weighted by Gasteiger charge is 2.47. The molecule has 0 amide bonds. The van der Waals surface area contributed by atoms with E-state index in [9.17, 15) is 0 Å². The molecular weight excluding hydrogens is 1170 g/mol. The van der Waals surface area contributed by atoms with E-state index in [-0.39, 0.29) is 5.41 Å². The lowest BCUT2D eigenvalue weighted by Crippen LogP contribution is -2.44. The molecular formula is C63H122O15Si6. The van der Waals surface area contributed by atoms with Crippen LogP contribution in [0.15, 0.2) is 19.7 Å². The molecule has 0 radical (unpaired) electrons. The van der Waals surface area contributed by atoms with E-state index in [1.165, 1.54) is 113 Å². The smallest absolute Gasteiger partial charge is 0.173 e. The average molecular weight is 1290 g/mol. The van der Waals surface area contributed by atoms with Gasteiger partial charge in [0, 0.05) is 25.2 Å². The summed E-state index contributed by atoms with van der Waals surface area (Å²) in [5, 5.41) is 0. The van der Waals surface area contributed by atoms with Crippen molar-refractivity contribution in [3.8, 4) is 0 Å². The van der Waals surface area contributed by atoms with Crippen molar-refractivity contribution in [2.24, 2.45) is 23.2 Å². The molecule has 9 atom stereocenters. The Labute approximate surface area is 517 Å². The molecule has 15 nitrogen and oxygen atoms in total. The zero-order valence-electron chi connectivity index (χ0n) is 55.5. The van der Waals surface area contributed by atoms with Gasteiger partial charge in [-0.25, -0.2) is 14.4 Å². The van der Waals surface area contributed by atoms with Gasteiger partial charge in [-0.05, 0) is 236 Å². The molecule has 0 spiro atoms. The van der Waals surface area contributed by atoms with Crippen molar-refractivity contribution < 1.29 is 69.4 Å². The Bertz CT molecular complexity index is 1700. The van der Waals surface area contributed by atoms with Gasteiger partial charge >= 0.3 is 0 Å². The van der Waals surface area contributed by atoms with Crippen LogP contribution in [0, 0.1) is 23.2 Å². The first-order chi connectivity index (χ1) is 39.7. The second-order valence-electron chi connectivity index (χ2n) is 28.7. The van der Waals surface area contributed by atoms with Gasteiger partial charge in [0.05, 0.1) is 96.1 Å². The minimum Gasteiger partial charge on any atom is -0.455 e. The van der Waals surface area contributed by atoms with E-state index in [0.717, 1.165) is 81.4 Å². The summed E-state index contributed by atoms with van der Waals surface area (Å²) in [7, 11) is -10.4. The summed E-state index contributed by atoms with van der Waals surface area (Å²) in [6.07, 6.45) is 23.0. The second-order valence-corrected chi connectivity index (χ2v) is 55.3. The zero-order chi connectivity index (χ0) is 62.3. The molecule has 3 aliphatic heterocycles. The van der Waals surface area contributed by atoms with Crippen LogP contribution in [0.3, 0.4) is 0 Å². The predicted octanol–water partition coefficient (Wildman–Crippen LogP) is 13.8. The highest BCUT2D eigenvalue weighted by Crippen LogP contribution is 2.44. The van der Waals surface area contributed by atoms with Crippen LogP contribution in [0.4, 0.5) is 0 Å². The summed E-state index contributed by atoms with van der Waals surface area (Å²) < 4.78 is 75.9. The number of rotatable bonds is 43. The number of carbonyl (C=O) groups excluding carboxylic acids is 3. The first-order valence-corrected chi connectivity index (χ1v) is 51.3. The molecule has 6 rings (SSSR count). The van der Waals surface area contributed by atoms with Gasteiger partial charge in [-0.2, -0.15) is 0 Å². The predicted molar refractivity (Wildman–Crippen MR) is 354 cm³/mol. The van der Waals surface area contributed by atoms with Gasteiger partial charge in [-0.15, -0.1) is 0 Å². The first-order valence-electron chi connectivity index (χ1n) is 32.6. The number of ether oxygens (including phenoxy) is 9. The fraction of sp³-hybridized carbons (Fsp3) is 0.905. The molecule has 6 fully saturated rings. The Balaban J connectivity index is 0.00000193. The van der Waals surface area contributed by atoms with Gasteiger partial charge in [0.15, 0.2) is 49.9 Å². The molecule has 0 aromatic carbocycles. The maximum absolute atomic E-state index is 8.57. The molecule has 9 unspecified atom stereocenters. The van der Waals surface area contributed by atoms with Crippen LogP contribution in [-0.4, -0.2) is 184 Å². The maximum Gasteiger partial charge on any atom is 0.173 e. The van der Waals surface area contributed by atoms with Crippen molar-refractivity contribution >= 4 is 67.7 Å². The van der Waals surface area contributed by atoms with Crippen LogP contribution in [0.2, 0.25) is 115 Å². The Hall–Kier alpha value is -0.829. The molecule has 0 N–H and O–H groups in total. The van der Waals surface area contributed by atoms with Crippen molar-refractivity contribution in [1.29, 1.82) is 0 Å². The van der Waals surface area contributed by atoms with E-state index in [4.69, 9.17) is 69.4 Å². The Morgan fingerprint density at radius 1 is 0.369 bits per heavy atom. The van der Waals surface area contributed by atoms with E-state index in [2.05, 4.69) is 105 Å². The lowest BCUT2D eigenvalue weighted by molar-refractivity contribution is -0.0890. The van der Waals surface area contributed by atoms with Crippen LogP contribution < -0.4 is 0 Å². The Kier molecular flexibility index (Phi) is 36.3. The molecule has 3 saturated carbocycles. The molecule has 6 aliphatic rings. The second kappa shape index (κ2) is 39.4. The van der Waals surface area contributed by atoms with Gasteiger partial charge < -0.3 is 55.0 Å². The standard InChI is InChI=1S/C57H116O12Si6.3C2H2O/c1-14-57(45-61-33-30-58-27-15-36-70(2,3)67-73(8,9)39-24-48-18-21-51-54(42-48)64-51,46-62-34-31-59-28-16-37-71(4,5)68-74(10,11)40-25-49-19-22-52-55(43-49)65-52)47-63-35-32-60-29-17-38-72(6,7)69-75(12,13)41-26-50-20-23-53-56(44-50)66-53;3*1-2-3/h48-56H,14-47H2,1-13H3;3*1H2. The normalized spacial score (nSPS) is 25.2. The van der Waals surface area contributed by atoms with Crippen molar-refractivity contribution in [3.05, 3.63) is 19.7 Å². The fourth-order valence-corrected chi connectivity index (χ4v) is 39.9. The third-order valence-electron chi connectivity index (χ3n) is 17.8. The van der Waals surface area contributed by atoms with Crippen LogP contribution in [0.5, 0.6) is 0 Å². The monoisotopic (exact) mass is 1290 g/mol. The van der Waals surface area contributed by atoms with Gasteiger partial charge in [0.1, 0.15) is 17.8 Å². The Morgan fingerprint density at radius 3 is 0.845 bits per heavy atom. The summed E-state index contributed by atoms with van der Waals surface area (Å²) in [4.78, 5) is 25.7. The van der Waals surface area contributed by atoms with Crippen molar-refractivity contribution in [3.63, 3.8) is 0 Å². The van der Waals surface area contributed by atoms with Crippen LogP contribution in [-0.2, 0) is 69.4 Å². The summed E-state index contributed by atoms with van der Waals surface area (Å²) in [5.74, 6) is 6.24. The molecule has 3 aliphatic carbocycles. The third-order valence-corrected chi connectivity index (χ3v) is 40.2. The minimum absolute atomic E-state index is 0.266. The first kappa shape index (κ1) is 77.4. The largest absolute Gasteiger partial charge is 0.455 e. The molecule has 0 aromatic heterocycles. The average Bonchev–Trinajstić information content (AvgIpc) is 4.01. The molecule has 0 bridgehead atoms. The zero-order valence-corrected chi connectivity index (χ0v) is 61.5. The van der Waals surface area contributed by atoms with Gasteiger partial charge in [0.2, 0.25) is 0 Å². The molecule has 488 valence electrons. The van der Waals surface area contributed by atoms with E-state index >= 15 is 0 Å². The van der Waals surface area contributed by atoms with Crippen molar-refractivity contribution in [1.82, 2.24) is 0 Å². The molecule has 84 heavy (non-hydrogen) atoms. The summed E-state index contributed by atoms with van der Waals surface area (Å²) in [6.45, 7) is 46.6. The number of fused-ring (bicyclic) bond motifs is 3. The van der Waals surface area contributed by atoms with Crippen LogP contribution in [0.1, 0.15) is 110 Å². The van der Waals surface area contributed by atoms with Gasteiger partial charge in [0.25, 0.3) is 0 Å². The minimum atomic E-state index is -1.77.